The number of rotatable bonds is 4. The van der Waals surface area contributed by atoms with Gasteiger partial charge in [0.25, 0.3) is 5.56 Å². The number of aromatic amines is 1. The summed E-state index contributed by atoms with van der Waals surface area (Å²) >= 11 is 0. The molecule has 1 atom stereocenters. The molecule has 1 unspecified atom stereocenters. The number of aromatic nitrogens is 1. The molecular formula is C17H16N2O4. The van der Waals surface area contributed by atoms with Gasteiger partial charge in [-0.3, -0.25) is 9.59 Å². The summed E-state index contributed by atoms with van der Waals surface area (Å²) in [7, 11) is 0. The maximum Gasteiger partial charge on any atom is 0.337 e. The lowest BCUT2D eigenvalue weighted by molar-refractivity contribution is 0.0696. The van der Waals surface area contributed by atoms with Crippen molar-refractivity contribution in [2.75, 3.05) is 13.1 Å². The van der Waals surface area contributed by atoms with E-state index in [9.17, 15) is 14.4 Å². The fraction of sp³-hybridized carbons (Fsp3) is 0.235. The molecule has 1 aromatic carbocycles. The maximum absolute atomic E-state index is 12.7. The van der Waals surface area contributed by atoms with Crippen LogP contribution in [0.1, 0.15) is 27.1 Å². The van der Waals surface area contributed by atoms with Gasteiger partial charge in [0.05, 0.1) is 5.56 Å². The third kappa shape index (κ3) is 2.93. The quantitative estimate of drug-likeness (QED) is 0.744. The number of H-pyrrole nitrogens is 1. The Morgan fingerprint density at radius 2 is 1.96 bits per heavy atom. The van der Waals surface area contributed by atoms with Gasteiger partial charge in [-0.25, -0.2) is 4.79 Å². The highest BCUT2D eigenvalue weighted by Crippen LogP contribution is 2.25. The van der Waals surface area contributed by atoms with Crippen LogP contribution >= 0.6 is 0 Å². The summed E-state index contributed by atoms with van der Waals surface area (Å²) < 4.78 is 0. The number of carbonyl (C=O) groups excluding carboxylic acids is 1. The Kier molecular flexibility index (Phi) is 4.08. The third-order valence-electron chi connectivity index (χ3n) is 4.06. The SMILES string of the molecule is O=C(O)c1c[nH]c(=O)c(-c2ccccc2C(=O)C2CCNC2)c1. The first-order chi connectivity index (χ1) is 11.1. The molecule has 6 heteroatoms. The Hall–Kier alpha value is -2.73. The molecule has 0 amide bonds. The third-order valence-corrected chi connectivity index (χ3v) is 4.06. The molecule has 1 aliphatic heterocycles. The number of pyridine rings is 1. The summed E-state index contributed by atoms with van der Waals surface area (Å²) in [6, 6.07) is 8.13. The molecule has 3 rings (SSSR count). The van der Waals surface area contributed by atoms with Crippen molar-refractivity contribution in [3.63, 3.8) is 0 Å². The molecule has 23 heavy (non-hydrogen) atoms. The van der Waals surface area contributed by atoms with Gasteiger partial charge >= 0.3 is 5.97 Å². The van der Waals surface area contributed by atoms with Crippen molar-refractivity contribution < 1.29 is 14.7 Å². The molecule has 1 fully saturated rings. The number of carboxylic acid groups (broad SMARTS) is 1. The van der Waals surface area contributed by atoms with Crippen LogP contribution in [0.5, 0.6) is 0 Å². The van der Waals surface area contributed by atoms with Crippen LogP contribution < -0.4 is 10.9 Å². The van der Waals surface area contributed by atoms with E-state index >= 15 is 0 Å². The second-order valence-electron chi connectivity index (χ2n) is 5.54. The summed E-state index contributed by atoms with van der Waals surface area (Å²) in [5.74, 6) is -1.27. The van der Waals surface area contributed by atoms with Crippen LogP contribution in [0.3, 0.4) is 0 Å². The number of benzene rings is 1. The van der Waals surface area contributed by atoms with E-state index in [1.54, 1.807) is 24.3 Å². The van der Waals surface area contributed by atoms with Gasteiger partial charge in [0.2, 0.25) is 0 Å². The Labute approximate surface area is 132 Å². The zero-order valence-corrected chi connectivity index (χ0v) is 12.3. The highest BCUT2D eigenvalue weighted by Gasteiger charge is 2.26. The zero-order valence-electron chi connectivity index (χ0n) is 12.3. The molecule has 0 spiro atoms. The van der Waals surface area contributed by atoms with E-state index in [1.165, 1.54) is 6.07 Å². The molecule has 1 saturated heterocycles. The predicted octanol–water partition coefficient (Wildman–Crippen LogP) is 1.53. The number of carbonyl (C=O) groups is 2. The monoisotopic (exact) mass is 312 g/mol. The summed E-state index contributed by atoms with van der Waals surface area (Å²) in [4.78, 5) is 38.4. The second kappa shape index (κ2) is 6.18. The van der Waals surface area contributed by atoms with Gasteiger partial charge in [0, 0.05) is 29.8 Å². The van der Waals surface area contributed by atoms with E-state index in [1.807, 2.05) is 0 Å². The largest absolute Gasteiger partial charge is 0.478 e. The average Bonchev–Trinajstić information content (AvgIpc) is 3.09. The van der Waals surface area contributed by atoms with Crippen LogP contribution in [0.2, 0.25) is 0 Å². The molecular weight excluding hydrogens is 296 g/mol. The lowest BCUT2D eigenvalue weighted by atomic mass is 9.90. The van der Waals surface area contributed by atoms with Crippen LogP contribution in [-0.2, 0) is 0 Å². The fourth-order valence-electron chi connectivity index (χ4n) is 2.84. The van der Waals surface area contributed by atoms with Crippen molar-refractivity contribution in [1.29, 1.82) is 0 Å². The molecule has 0 radical (unpaired) electrons. The van der Waals surface area contributed by atoms with E-state index in [-0.39, 0.29) is 22.8 Å². The number of hydrogen-bond acceptors (Lipinski definition) is 4. The van der Waals surface area contributed by atoms with E-state index in [0.29, 0.717) is 17.7 Å². The normalized spacial score (nSPS) is 17.1. The molecule has 0 aliphatic carbocycles. The zero-order chi connectivity index (χ0) is 16.4. The van der Waals surface area contributed by atoms with Gasteiger partial charge < -0.3 is 15.4 Å². The van der Waals surface area contributed by atoms with E-state index in [0.717, 1.165) is 19.2 Å². The van der Waals surface area contributed by atoms with Crippen molar-refractivity contribution in [2.45, 2.75) is 6.42 Å². The first kappa shape index (κ1) is 15.2. The summed E-state index contributed by atoms with van der Waals surface area (Å²) in [6.45, 7) is 1.42. The van der Waals surface area contributed by atoms with E-state index in [2.05, 4.69) is 10.3 Å². The van der Waals surface area contributed by atoms with Crippen molar-refractivity contribution in [2.24, 2.45) is 5.92 Å². The summed E-state index contributed by atoms with van der Waals surface area (Å²) in [6.07, 6.45) is 1.91. The number of aromatic carboxylic acids is 1. The minimum absolute atomic E-state index is 0.0225. The molecule has 1 aromatic heterocycles. The first-order valence-electron chi connectivity index (χ1n) is 7.38. The first-order valence-corrected chi connectivity index (χ1v) is 7.38. The Bertz CT molecular complexity index is 819. The van der Waals surface area contributed by atoms with Crippen molar-refractivity contribution in [3.8, 4) is 11.1 Å². The molecule has 0 bridgehead atoms. The van der Waals surface area contributed by atoms with Gasteiger partial charge in [-0.15, -0.1) is 0 Å². The Balaban J connectivity index is 2.10. The van der Waals surface area contributed by atoms with E-state index in [4.69, 9.17) is 5.11 Å². The summed E-state index contributed by atoms with van der Waals surface area (Å²) in [5, 5.41) is 12.3. The van der Waals surface area contributed by atoms with Crippen LogP contribution in [0.4, 0.5) is 0 Å². The molecule has 6 nitrogen and oxygen atoms in total. The maximum atomic E-state index is 12.7. The van der Waals surface area contributed by atoms with Crippen LogP contribution in [-0.4, -0.2) is 34.9 Å². The highest BCUT2D eigenvalue weighted by atomic mass is 16.4. The minimum Gasteiger partial charge on any atom is -0.478 e. The molecule has 3 N–H and O–H groups in total. The number of Topliss-reactive ketones (excluding diaryl/α,β-unsaturated/α-hetero) is 1. The lowest BCUT2D eigenvalue weighted by Gasteiger charge is -2.12. The molecule has 0 saturated carbocycles. The minimum atomic E-state index is -1.13. The van der Waals surface area contributed by atoms with Gasteiger partial charge in [-0.05, 0) is 24.6 Å². The van der Waals surface area contributed by atoms with Crippen LogP contribution in [0.15, 0.2) is 41.3 Å². The van der Waals surface area contributed by atoms with Gasteiger partial charge in [0.15, 0.2) is 5.78 Å². The number of carboxylic acids is 1. The fourth-order valence-corrected chi connectivity index (χ4v) is 2.84. The smallest absolute Gasteiger partial charge is 0.337 e. The van der Waals surface area contributed by atoms with E-state index < -0.39 is 11.5 Å². The number of ketones is 1. The molecule has 118 valence electrons. The summed E-state index contributed by atoms with van der Waals surface area (Å²) in [5.41, 5.74) is 0.673. The molecule has 1 aliphatic rings. The van der Waals surface area contributed by atoms with Crippen LogP contribution in [0, 0.1) is 5.92 Å². The van der Waals surface area contributed by atoms with Crippen molar-refractivity contribution in [1.82, 2.24) is 10.3 Å². The number of hydrogen-bond donors (Lipinski definition) is 3. The second-order valence-corrected chi connectivity index (χ2v) is 5.54. The predicted molar refractivity (Wildman–Crippen MR) is 84.8 cm³/mol. The van der Waals surface area contributed by atoms with Crippen molar-refractivity contribution in [3.05, 3.63) is 58.0 Å². The van der Waals surface area contributed by atoms with Crippen molar-refractivity contribution >= 4 is 11.8 Å². The molecule has 2 aromatic rings. The standard InChI is InChI=1S/C17H16N2O4/c20-15(10-5-6-18-8-10)13-4-2-1-3-12(13)14-7-11(17(22)23)9-19-16(14)21/h1-4,7,9-10,18H,5-6,8H2,(H,19,21)(H,22,23). The highest BCUT2D eigenvalue weighted by molar-refractivity contribution is 6.04. The van der Waals surface area contributed by atoms with Crippen LogP contribution in [0.25, 0.3) is 11.1 Å². The molecule has 2 heterocycles. The Morgan fingerprint density at radius 1 is 1.17 bits per heavy atom. The number of nitrogens with one attached hydrogen (secondary N) is 2. The van der Waals surface area contributed by atoms with Gasteiger partial charge in [-0.2, -0.15) is 0 Å². The lowest BCUT2D eigenvalue weighted by Crippen LogP contribution is -2.20. The van der Waals surface area contributed by atoms with Gasteiger partial charge in [0.1, 0.15) is 0 Å². The topological polar surface area (TPSA) is 99.3 Å². The average molecular weight is 312 g/mol. The van der Waals surface area contributed by atoms with Gasteiger partial charge in [-0.1, -0.05) is 24.3 Å². The Morgan fingerprint density at radius 3 is 2.65 bits per heavy atom.